The lowest BCUT2D eigenvalue weighted by atomic mass is 10.2. The SMILES string of the molecule is CCN(CC)CCOCCNS(=O)(=O)Cc1ccc(C)cc1. The first kappa shape index (κ1) is 19.1. The Morgan fingerprint density at radius 1 is 1.09 bits per heavy atom. The van der Waals surface area contributed by atoms with Crippen LogP contribution in [0.4, 0.5) is 0 Å². The van der Waals surface area contributed by atoms with Gasteiger partial charge in [0.1, 0.15) is 0 Å². The third kappa shape index (κ3) is 7.89. The van der Waals surface area contributed by atoms with Gasteiger partial charge in [-0.25, -0.2) is 13.1 Å². The Kier molecular flexibility index (Phi) is 8.63. The molecule has 0 aliphatic rings. The minimum atomic E-state index is -3.30. The van der Waals surface area contributed by atoms with Crippen molar-refractivity contribution in [3.63, 3.8) is 0 Å². The van der Waals surface area contributed by atoms with Crippen LogP contribution in [0.3, 0.4) is 0 Å². The van der Waals surface area contributed by atoms with Crippen molar-refractivity contribution in [2.24, 2.45) is 0 Å². The molecule has 0 aliphatic heterocycles. The fourth-order valence-corrected chi connectivity index (χ4v) is 3.19. The van der Waals surface area contributed by atoms with Gasteiger partial charge in [-0.3, -0.25) is 0 Å². The Morgan fingerprint density at radius 2 is 1.73 bits per heavy atom. The summed E-state index contributed by atoms with van der Waals surface area (Å²) in [6.45, 7) is 10.4. The molecule has 5 nitrogen and oxygen atoms in total. The molecule has 0 heterocycles. The number of aryl methyl sites for hydroxylation is 1. The molecule has 0 fully saturated rings. The summed E-state index contributed by atoms with van der Waals surface area (Å²) < 4.78 is 31.9. The van der Waals surface area contributed by atoms with E-state index in [1.807, 2.05) is 31.2 Å². The fraction of sp³-hybridized carbons (Fsp3) is 0.625. The zero-order chi connectivity index (χ0) is 16.4. The van der Waals surface area contributed by atoms with Gasteiger partial charge in [0.15, 0.2) is 0 Å². The van der Waals surface area contributed by atoms with Gasteiger partial charge in [0.2, 0.25) is 10.0 Å². The molecule has 0 bridgehead atoms. The Bertz CT molecular complexity index is 511. The van der Waals surface area contributed by atoms with Crippen LogP contribution in [0.2, 0.25) is 0 Å². The first-order valence-corrected chi connectivity index (χ1v) is 9.45. The number of hydrogen-bond donors (Lipinski definition) is 1. The maximum Gasteiger partial charge on any atom is 0.215 e. The zero-order valence-corrected chi connectivity index (χ0v) is 14.7. The van der Waals surface area contributed by atoms with Crippen LogP contribution >= 0.6 is 0 Å². The molecule has 0 atom stereocenters. The van der Waals surface area contributed by atoms with Crippen LogP contribution in [0.25, 0.3) is 0 Å². The lowest BCUT2D eigenvalue weighted by Gasteiger charge is -2.17. The Balaban J connectivity index is 2.21. The molecule has 0 saturated carbocycles. The molecule has 1 aromatic carbocycles. The molecular weight excluding hydrogens is 300 g/mol. The largest absolute Gasteiger partial charge is 0.379 e. The molecule has 0 aromatic heterocycles. The van der Waals surface area contributed by atoms with E-state index in [-0.39, 0.29) is 5.75 Å². The number of nitrogens with zero attached hydrogens (tertiary/aromatic N) is 1. The maximum atomic E-state index is 11.9. The quantitative estimate of drug-likeness (QED) is 0.629. The summed E-state index contributed by atoms with van der Waals surface area (Å²) in [7, 11) is -3.30. The second kappa shape index (κ2) is 9.94. The number of benzene rings is 1. The van der Waals surface area contributed by atoms with Crippen LogP contribution in [0.15, 0.2) is 24.3 Å². The molecule has 1 aromatic rings. The van der Waals surface area contributed by atoms with Crippen molar-refractivity contribution in [2.45, 2.75) is 26.5 Å². The standard InChI is InChI=1S/C16H28N2O3S/c1-4-18(5-2)11-13-21-12-10-17-22(19,20)14-16-8-6-15(3)7-9-16/h6-9,17H,4-5,10-14H2,1-3H3. The maximum absolute atomic E-state index is 11.9. The van der Waals surface area contributed by atoms with Crippen LogP contribution in [0, 0.1) is 6.92 Å². The topological polar surface area (TPSA) is 58.6 Å². The summed E-state index contributed by atoms with van der Waals surface area (Å²) >= 11 is 0. The second-order valence-electron chi connectivity index (χ2n) is 5.28. The summed E-state index contributed by atoms with van der Waals surface area (Å²) in [5.74, 6) is 0.00667. The summed E-state index contributed by atoms with van der Waals surface area (Å²) in [4.78, 5) is 2.27. The Hall–Kier alpha value is -0.950. The van der Waals surface area contributed by atoms with E-state index in [4.69, 9.17) is 4.74 Å². The third-order valence-electron chi connectivity index (χ3n) is 3.49. The number of sulfonamides is 1. The van der Waals surface area contributed by atoms with Crippen molar-refractivity contribution in [1.29, 1.82) is 0 Å². The molecule has 1 rings (SSSR count). The highest BCUT2D eigenvalue weighted by Gasteiger charge is 2.10. The Labute approximate surface area is 134 Å². The number of nitrogens with one attached hydrogen (secondary N) is 1. The van der Waals surface area contributed by atoms with Crippen LogP contribution < -0.4 is 4.72 Å². The minimum absolute atomic E-state index is 0.00667. The lowest BCUT2D eigenvalue weighted by molar-refractivity contribution is 0.111. The van der Waals surface area contributed by atoms with Gasteiger partial charge < -0.3 is 9.64 Å². The highest BCUT2D eigenvalue weighted by Crippen LogP contribution is 2.06. The predicted molar refractivity (Wildman–Crippen MR) is 90.4 cm³/mol. The minimum Gasteiger partial charge on any atom is -0.379 e. The van der Waals surface area contributed by atoms with Crippen LogP contribution in [0.5, 0.6) is 0 Å². The Morgan fingerprint density at radius 3 is 2.32 bits per heavy atom. The van der Waals surface area contributed by atoms with Gasteiger partial charge in [0.05, 0.1) is 19.0 Å². The van der Waals surface area contributed by atoms with Gasteiger partial charge in [-0.05, 0) is 25.6 Å². The first-order chi connectivity index (χ1) is 10.5. The monoisotopic (exact) mass is 328 g/mol. The molecule has 6 heteroatoms. The van der Waals surface area contributed by atoms with Crippen LogP contribution in [-0.2, 0) is 20.5 Å². The number of rotatable bonds is 11. The van der Waals surface area contributed by atoms with Crippen LogP contribution in [-0.4, -0.2) is 52.7 Å². The van der Waals surface area contributed by atoms with Gasteiger partial charge in [0, 0.05) is 13.1 Å². The molecule has 0 radical (unpaired) electrons. The zero-order valence-electron chi connectivity index (χ0n) is 13.8. The molecule has 0 spiro atoms. The van der Waals surface area contributed by atoms with Crippen molar-refractivity contribution >= 4 is 10.0 Å². The average Bonchev–Trinajstić information content (AvgIpc) is 2.49. The third-order valence-corrected chi connectivity index (χ3v) is 4.85. The van der Waals surface area contributed by atoms with Crippen molar-refractivity contribution < 1.29 is 13.2 Å². The van der Waals surface area contributed by atoms with E-state index in [2.05, 4.69) is 23.5 Å². The summed E-state index contributed by atoms with van der Waals surface area (Å²) in [5.41, 5.74) is 1.91. The smallest absolute Gasteiger partial charge is 0.215 e. The van der Waals surface area contributed by atoms with Crippen molar-refractivity contribution in [1.82, 2.24) is 9.62 Å². The van der Waals surface area contributed by atoms with E-state index in [0.29, 0.717) is 19.8 Å². The van der Waals surface area contributed by atoms with E-state index in [1.165, 1.54) is 0 Å². The average molecular weight is 328 g/mol. The van der Waals surface area contributed by atoms with Gasteiger partial charge in [-0.15, -0.1) is 0 Å². The molecule has 0 unspecified atom stereocenters. The molecule has 0 saturated heterocycles. The van der Waals surface area contributed by atoms with Gasteiger partial charge in [-0.1, -0.05) is 43.7 Å². The number of likely N-dealkylation sites (N-methyl/N-ethyl adjacent to an activating group) is 1. The predicted octanol–water partition coefficient (Wildman–Crippen LogP) is 1.77. The van der Waals surface area contributed by atoms with Gasteiger partial charge in [0.25, 0.3) is 0 Å². The highest BCUT2D eigenvalue weighted by atomic mass is 32.2. The highest BCUT2D eigenvalue weighted by molar-refractivity contribution is 7.88. The van der Waals surface area contributed by atoms with E-state index in [1.54, 1.807) is 0 Å². The second-order valence-corrected chi connectivity index (χ2v) is 7.09. The van der Waals surface area contributed by atoms with E-state index < -0.39 is 10.0 Å². The summed E-state index contributed by atoms with van der Waals surface area (Å²) in [6.07, 6.45) is 0. The fourth-order valence-electron chi connectivity index (χ4n) is 2.06. The van der Waals surface area contributed by atoms with Crippen molar-refractivity contribution in [3.05, 3.63) is 35.4 Å². The van der Waals surface area contributed by atoms with Gasteiger partial charge >= 0.3 is 0 Å². The molecular formula is C16H28N2O3S. The number of hydrogen-bond acceptors (Lipinski definition) is 4. The van der Waals surface area contributed by atoms with Gasteiger partial charge in [-0.2, -0.15) is 0 Å². The van der Waals surface area contributed by atoms with Crippen molar-refractivity contribution in [2.75, 3.05) is 39.4 Å². The van der Waals surface area contributed by atoms with Crippen LogP contribution in [0.1, 0.15) is 25.0 Å². The normalized spacial score (nSPS) is 12.0. The molecule has 126 valence electrons. The number of ether oxygens (including phenoxy) is 1. The summed E-state index contributed by atoms with van der Waals surface area (Å²) in [5, 5.41) is 0. The molecule has 0 amide bonds. The van der Waals surface area contributed by atoms with E-state index in [0.717, 1.165) is 30.8 Å². The molecule has 22 heavy (non-hydrogen) atoms. The first-order valence-electron chi connectivity index (χ1n) is 7.79. The lowest BCUT2D eigenvalue weighted by Crippen LogP contribution is -2.30. The van der Waals surface area contributed by atoms with E-state index in [9.17, 15) is 8.42 Å². The van der Waals surface area contributed by atoms with E-state index >= 15 is 0 Å². The molecule has 0 aliphatic carbocycles. The summed E-state index contributed by atoms with van der Waals surface area (Å²) in [6, 6.07) is 7.52. The van der Waals surface area contributed by atoms with Crippen molar-refractivity contribution in [3.8, 4) is 0 Å². The molecule has 1 N–H and O–H groups in total.